The van der Waals surface area contributed by atoms with Gasteiger partial charge in [-0.1, -0.05) is 47.5 Å². The summed E-state index contributed by atoms with van der Waals surface area (Å²) in [4.78, 5) is -3.04. The third-order valence-corrected chi connectivity index (χ3v) is 7.99. The van der Waals surface area contributed by atoms with Crippen LogP contribution >= 0.6 is 46.4 Å². The average Bonchev–Trinajstić information content (AvgIpc) is 2.95. The van der Waals surface area contributed by atoms with E-state index >= 15 is 0 Å². The Morgan fingerprint density at radius 3 is 1.37 bits per heavy atom. The molecule has 2 aromatic carbocycles. The van der Waals surface area contributed by atoms with E-state index in [9.17, 15) is 0 Å². The minimum atomic E-state index is -1.60. The lowest BCUT2D eigenvalue weighted by molar-refractivity contribution is -0.228. The first kappa shape index (κ1) is 19.4. The lowest BCUT2D eigenvalue weighted by atomic mass is 9.89. The van der Waals surface area contributed by atoms with E-state index in [1.54, 1.807) is 14.2 Å². The fourth-order valence-corrected chi connectivity index (χ4v) is 6.49. The summed E-state index contributed by atoms with van der Waals surface area (Å²) in [7, 11) is 6.01. The van der Waals surface area contributed by atoms with E-state index in [0.717, 1.165) is 10.8 Å². The van der Waals surface area contributed by atoms with Crippen molar-refractivity contribution >= 4 is 57.2 Å². The molecule has 2 aromatic rings. The highest BCUT2D eigenvalue weighted by Gasteiger charge is 2.81. The number of alkyl halides is 2. The van der Waals surface area contributed by atoms with Gasteiger partial charge in [-0.05, 0) is 0 Å². The Labute approximate surface area is 176 Å². The standard InChI is InChI=1S/C19H16Cl4O4/c1-24-13-9-7-5-6-8-10(9)14(25-2)12-11(13)17(22)15(20)16(21)18(12,23)19(17,26-3)27-4/h5-8H,1-4H3. The van der Waals surface area contributed by atoms with Crippen molar-refractivity contribution in [2.75, 3.05) is 28.4 Å². The molecule has 0 aliphatic heterocycles. The Balaban J connectivity index is 2.31. The van der Waals surface area contributed by atoms with Crippen LogP contribution in [0, 0.1) is 0 Å². The highest BCUT2D eigenvalue weighted by atomic mass is 35.5. The second-order valence-corrected chi connectivity index (χ2v) is 8.22. The summed E-state index contributed by atoms with van der Waals surface area (Å²) >= 11 is 27.5. The van der Waals surface area contributed by atoms with Gasteiger partial charge in [-0.3, -0.25) is 0 Å². The van der Waals surface area contributed by atoms with Crippen LogP contribution in [0.5, 0.6) is 11.5 Å². The molecule has 8 heteroatoms. The largest absolute Gasteiger partial charge is 0.496 e. The van der Waals surface area contributed by atoms with Crippen LogP contribution in [0.1, 0.15) is 11.1 Å². The number of methoxy groups -OCH3 is 4. The molecule has 2 atom stereocenters. The quantitative estimate of drug-likeness (QED) is 0.460. The summed E-state index contributed by atoms with van der Waals surface area (Å²) in [5, 5.41) is 1.86. The fraction of sp³-hybridized carbons (Fsp3) is 0.368. The zero-order chi connectivity index (χ0) is 19.8. The molecule has 0 aromatic heterocycles. The van der Waals surface area contributed by atoms with Gasteiger partial charge in [0.15, 0.2) is 9.75 Å². The number of hydrogen-bond acceptors (Lipinski definition) is 4. The van der Waals surface area contributed by atoms with Crippen LogP contribution < -0.4 is 9.47 Å². The lowest BCUT2D eigenvalue weighted by Gasteiger charge is -2.40. The van der Waals surface area contributed by atoms with Crippen molar-refractivity contribution in [1.82, 2.24) is 0 Å². The van der Waals surface area contributed by atoms with Gasteiger partial charge in [0.05, 0.1) is 24.3 Å². The first-order valence-corrected chi connectivity index (χ1v) is 9.54. The van der Waals surface area contributed by atoms with Crippen LogP contribution in [-0.2, 0) is 19.2 Å². The van der Waals surface area contributed by atoms with Crippen molar-refractivity contribution in [3.63, 3.8) is 0 Å². The van der Waals surface area contributed by atoms with Crippen molar-refractivity contribution in [3.05, 3.63) is 45.5 Å². The molecule has 2 unspecified atom stereocenters. The van der Waals surface area contributed by atoms with Gasteiger partial charge in [0, 0.05) is 36.1 Å². The van der Waals surface area contributed by atoms with Crippen molar-refractivity contribution < 1.29 is 18.9 Å². The third-order valence-electron chi connectivity index (χ3n) is 5.50. The van der Waals surface area contributed by atoms with Gasteiger partial charge in [0.1, 0.15) is 11.5 Å². The van der Waals surface area contributed by atoms with E-state index < -0.39 is 15.5 Å². The summed E-state index contributed by atoms with van der Waals surface area (Å²) in [6, 6.07) is 7.60. The van der Waals surface area contributed by atoms with E-state index in [-0.39, 0.29) is 10.1 Å². The second-order valence-electron chi connectivity index (χ2n) is 6.33. The second kappa shape index (κ2) is 6.06. The van der Waals surface area contributed by atoms with Crippen molar-refractivity contribution in [1.29, 1.82) is 0 Å². The maximum atomic E-state index is 7.15. The SMILES string of the molecule is COc1c2c(c(OC)c3ccccc13)C1(Cl)C(Cl)=C(Cl)C2(Cl)C1(OC)OC. The van der Waals surface area contributed by atoms with Gasteiger partial charge < -0.3 is 18.9 Å². The number of rotatable bonds is 4. The molecule has 0 N–H and O–H groups in total. The van der Waals surface area contributed by atoms with E-state index in [4.69, 9.17) is 65.4 Å². The molecule has 0 fully saturated rings. The van der Waals surface area contributed by atoms with Crippen molar-refractivity contribution in [2.45, 2.75) is 15.5 Å². The minimum absolute atomic E-state index is 0.132. The van der Waals surface area contributed by atoms with Gasteiger partial charge in [-0.15, -0.1) is 23.2 Å². The molecular formula is C19H16Cl4O4. The maximum Gasteiger partial charge on any atom is 0.226 e. The molecule has 144 valence electrons. The summed E-state index contributed by atoms with van der Waals surface area (Å²) in [6.07, 6.45) is 0. The van der Waals surface area contributed by atoms with Crippen molar-refractivity contribution in [3.8, 4) is 11.5 Å². The molecule has 0 amide bonds. The first-order valence-electron chi connectivity index (χ1n) is 8.03. The first-order chi connectivity index (χ1) is 12.8. The number of hydrogen-bond donors (Lipinski definition) is 0. The van der Waals surface area contributed by atoms with Crippen LogP contribution in [-0.4, -0.2) is 34.2 Å². The Morgan fingerprint density at radius 1 is 0.704 bits per heavy atom. The molecule has 0 saturated carbocycles. The summed E-state index contributed by atoms with van der Waals surface area (Å²) in [5.41, 5.74) is 1.05. The van der Waals surface area contributed by atoms with Crippen LogP contribution in [0.4, 0.5) is 0 Å². The number of benzene rings is 2. The molecule has 0 spiro atoms. The van der Waals surface area contributed by atoms with Crippen LogP contribution in [0.25, 0.3) is 10.8 Å². The van der Waals surface area contributed by atoms with E-state index in [0.29, 0.717) is 22.6 Å². The highest BCUT2D eigenvalue weighted by Crippen LogP contribution is 2.78. The number of halogens is 4. The Kier molecular flexibility index (Phi) is 4.36. The maximum absolute atomic E-state index is 7.15. The van der Waals surface area contributed by atoms with Gasteiger partial charge in [-0.25, -0.2) is 0 Å². The van der Waals surface area contributed by atoms with E-state index in [1.165, 1.54) is 14.2 Å². The Morgan fingerprint density at radius 2 is 1.07 bits per heavy atom. The number of ether oxygens (including phenoxy) is 4. The smallest absolute Gasteiger partial charge is 0.226 e. The van der Waals surface area contributed by atoms with Gasteiger partial charge >= 0.3 is 0 Å². The van der Waals surface area contributed by atoms with Crippen LogP contribution in [0.2, 0.25) is 0 Å². The normalized spacial score (nSPS) is 28.0. The monoisotopic (exact) mass is 448 g/mol. The van der Waals surface area contributed by atoms with E-state index in [2.05, 4.69) is 0 Å². The highest BCUT2D eigenvalue weighted by molar-refractivity contribution is 6.52. The fourth-order valence-electron chi connectivity index (χ4n) is 4.48. The Bertz CT molecular complexity index is 926. The number of fused-ring (bicyclic) bond motifs is 6. The molecule has 0 saturated heterocycles. The predicted octanol–water partition coefficient (Wildman–Crippen LogP) is 5.43. The molecule has 2 bridgehead atoms. The molecule has 0 radical (unpaired) electrons. The minimum Gasteiger partial charge on any atom is -0.496 e. The molecule has 4 rings (SSSR count). The van der Waals surface area contributed by atoms with E-state index in [1.807, 2.05) is 24.3 Å². The predicted molar refractivity (Wildman–Crippen MR) is 108 cm³/mol. The molecular weight excluding hydrogens is 434 g/mol. The molecule has 0 heterocycles. The average molecular weight is 450 g/mol. The van der Waals surface area contributed by atoms with Gasteiger partial charge in [0.25, 0.3) is 0 Å². The summed E-state index contributed by atoms with van der Waals surface area (Å²) in [5.74, 6) is -0.572. The zero-order valence-corrected chi connectivity index (χ0v) is 18.0. The Hall–Kier alpha value is -0.880. The topological polar surface area (TPSA) is 36.9 Å². The van der Waals surface area contributed by atoms with Gasteiger partial charge in [0.2, 0.25) is 5.79 Å². The van der Waals surface area contributed by atoms with Crippen LogP contribution in [0.15, 0.2) is 34.3 Å². The lowest BCUT2D eigenvalue weighted by Crippen LogP contribution is -2.53. The zero-order valence-electron chi connectivity index (χ0n) is 15.0. The molecule has 2 aliphatic rings. The molecule has 2 aliphatic carbocycles. The summed E-state index contributed by atoms with van der Waals surface area (Å²) < 4.78 is 23.1. The van der Waals surface area contributed by atoms with Crippen LogP contribution in [0.3, 0.4) is 0 Å². The third kappa shape index (κ3) is 1.81. The van der Waals surface area contributed by atoms with Gasteiger partial charge in [-0.2, -0.15) is 0 Å². The molecule has 4 nitrogen and oxygen atoms in total. The van der Waals surface area contributed by atoms with Crippen molar-refractivity contribution in [2.24, 2.45) is 0 Å². The molecule has 27 heavy (non-hydrogen) atoms. The summed E-state index contributed by atoms with van der Waals surface area (Å²) in [6.45, 7) is 0.